The molecular formula is C30H38N4O4S. The Morgan fingerprint density at radius 2 is 1.59 bits per heavy atom. The van der Waals surface area contributed by atoms with Crippen LogP contribution in [-0.2, 0) is 16.0 Å². The molecule has 0 unspecified atom stereocenters. The summed E-state index contributed by atoms with van der Waals surface area (Å²) in [6.45, 7) is 10.7. The summed E-state index contributed by atoms with van der Waals surface area (Å²) in [6.07, 6.45) is 2.45. The van der Waals surface area contributed by atoms with Crippen LogP contribution in [0.5, 0.6) is 10.9 Å². The van der Waals surface area contributed by atoms with Crippen LogP contribution in [0.2, 0.25) is 0 Å². The number of piperidine rings is 1. The Balaban J connectivity index is 1.02. The molecule has 2 aromatic carbocycles. The lowest BCUT2D eigenvalue weighted by Gasteiger charge is -2.38. The van der Waals surface area contributed by atoms with E-state index in [1.54, 1.807) is 16.2 Å². The summed E-state index contributed by atoms with van der Waals surface area (Å²) in [5, 5.41) is 0.659. The molecule has 0 bridgehead atoms. The van der Waals surface area contributed by atoms with Gasteiger partial charge in [0.15, 0.2) is 0 Å². The quantitative estimate of drug-likeness (QED) is 0.408. The molecule has 0 radical (unpaired) electrons. The van der Waals surface area contributed by atoms with Crippen molar-refractivity contribution in [1.29, 1.82) is 0 Å². The third-order valence-electron chi connectivity index (χ3n) is 7.30. The fourth-order valence-corrected chi connectivity index (χ4v) is 5.94. The number of aromatic nitrogens is 1. The van der Waals surface area contributed by atoms with Crippen molar-refractivity contribution in [3.05, 3.63) is 54.1 Å². The second kappa shape index (κ2) is 11.9. The van der Waals surface area contributed by atoms with Gasteiger partial charge in [-0.25, -0.2) is 9.78 Å². The van der Waals surface area contributed by atoms with Gasteiger partial charge in [0.05, 0.1) is 10.2 Å². The van der Waals surface area contributed by atoms with E-state index in [9.17, 15) is 9.59 Å². The van der Waals surface area contributed by atoms with Gasteiger partial charge in [-0.2, -0.15) is 0 Å². The Hall–Kier alpha value is -3.17. The number of piperazine rings is 1. The van der Waals surface area contributed by atoms with E-state index in [1.165, 1.54) is 5.56 Å². The predicted octanol–water partition coefficient (Wildman–Crippen LogP) is 5.42. The molecule has 2 saturated heterocycles. The number of likely N-dealkylation sites (tertiary alicyclic amines) is 1. The molecule has 1 aromatic heterocycles. The van der Waals surface area contributed by atoms with E-state index in [0.29, 0.717) is 31.4 Å². The molecule has 5 rings (SSSR count). The Morgan fingerprint density at radius 1 is 0.923 bits per heavy atom. The van der Waals surface area contributed by atoms with Crippen LogP contribution in [0, 0.1) is 5.92 Å². The first-order valence-electron chi connectivity index (χ1n) is 13.8. The molecule has 2 aliphatic heterocycles. The lowest BCUT2D eigenvalue weighted by atomic mass is 9.94. The van der Waals surface area contributed by atoms with Gasteiger partial charge in [-0.15, -0.1) is 0 Å². The highest BCUT2D eigenvalue weighted by Crippen LogP contribution is 2.31. The number of carbonyl (C=O) groups is 2. The summed E-state index contributed by atoms with van der Waals surface area (Å²) in [7, 11) is 0. The number of hydrogen-bond acceptors (Lipinski definition) is 7. The largest absolute Gasteiger partial charge is 0.444 e. The average molecular weight is 551 g/mol. The molecule has 0 saturated carbocycles. The van der Waals surface area contributed by atoms with Crippen LogP contribution >= 0.6 is 11.3 Å². The zero-order chi connectivity index (χ0) is 27.4. The minimum Gasteiger partial charge on any atom is -0.444 e. The van der Waals surface area contributed by atoms with Gasteiger partial charge in [0.1, 0.15) is 11.4 Å². The third kappa shape index (κ3) is 7.28. The van der Waals surface area contributed by atoms with Crippen LogP contribution in [0.3, 0.4) is 0 Å². The van der Waals surface area contributed by atoms with Crippen LogP contribution in [0.25, 0.3) is 10.2 Å². The first-order valence-corrected chi connectivity index (χ1v) is 14.7. The average Bonchev–Trinajstić information content (AvgIpc) is 3.34. The molecule has 8 nitrogen and oxygen atoms in total. The van der Waals surface area contributed by atoms with E-state index in [2.05, 4.69) is 28.1 Å². The summed E-state index contributed by atoms with van der Waals surface area (Å²) in [5.74, 6) is 1.11. The molecule has 2 fully saturated rings. The summed E-state index contributed by atoms with van der Waals surface area (Å²) < 4.78 is 12.6. The van der Waals surface area contributed by atoms with Crippen molar-refractivity contribution < 1.29 is 19.1 Å². The maximum atomic E-state index is 13.1. The van der Waals surface area contributed by atoms with E-state index in [4.69, 9.17) is 9.47 Å². The van der Waals surface area contributed by atoms with Crippen molar-refractivity contribution in [3.8, 4) is 10.9 Å². The highest BCUT2D eigenvalue weighted by molar-refractivity contribution is 7.20. The van der Waals surface area contributed by atoms with Crippen LogP contribution < -0.4 is 4.74 Å². The minimum absolute atomic E-state index is 0.0771. The fourth-order valence-electron chi connectivity index (χ4n) is 5.10. The van der Waals surface area contributed by atoms with Gasteiger partial charge in [-0.1, -0.05) is 35.6 Å². The number of benzene rings is 2. The molecule has 2 aliphatic rings. The van der Waals surface area contributed by atoms with Crippen molar-refractivity contribution >= 4 is 33.6 Å². The van der Waals surface area contributed by atoms with Gasteiger partial charge in [0.2, 0.25) is 5.91 Å². The molecular weight excluding hydrogens is 512 g/mol. The minimum atomic E-state index is -0.506. The lowest BCUT2D eigenvalue weighted by molar-refractivity contribution is -0.138. The first-order chi connectivity index (χ1) is 18.7. The number of fused-ring (bicyclic) bond motifs is 1. The number of hydrogen-bond donors (Lipinski definition) is 0. The monoisotopic (exact) mass is 550 g/mol. The van der Waals surface area contributed by atoms with E-state index in [-0.39, 0.29) is 17.9 Å². The Bertz CT molecular complexity index is 1240. The predicted molar refractivity (Wildman–Crippen MR) is 153 cm³/mol. The van der Waals surface area contributed by atoms with Crippen molar-refractivity contribution in [2.45, 2.75) is 45.6 Å². The number of ether oxygens (including phenoxy) is 2. The fraction of sp³-hybridized carbons (Fsp3) is 0.500. The summed E-state index contributed by atoms with van der Waals surface area (Å²) in [5.41, 5.74) is 1.72. The Labute approximate surface area is 234 Å². The van der Waals surface area contributed by atoms with Crippen LogP contribution in [-0.4, -0.2) is 83.1 Å². The molecule has 2 amide bonds. The molecule has 0 N–H and O–H groups in total. The van der Waals surface area contributed by atoms with E-state index in [1.807, 2.05) is 56.0 Å². The highest BCUT2D eigenvalue weighted by atomic mass is 32.1. The maximum absolute atomic E-state index is 13.1. The molecule has 39 heavy (non-hydrogen) atoms. The Morgan fingerprint density at radius 3 is 2.26 bits per heavy atom. The number of nitrogens with zero attached hydrogens (tertiary/aromatic N) is 4. The molecule has 9 heteroatoms. The normalized spacial score (nSPS) is 17.4. The number of carbonyl (C=O) groups excluding carboxylic acids is 2. The second-order valence-corrected chi connectivity index (χ2v) is 12.3. The molecule has 3 heterocycles. The SMILES string of the molecule is CC(C)(C)OC(=O)N1CCN(C(=O)C2CCN(CCc3ccc(Oc4nc5ccccc5s4)cc3)CC2)CC1. The molecule has 3 aromatic rings. The number of amides is 2. The Kier molecular flexibility index (Phi) is 8.37. The van der Waals surface area contributed by atoms with Gasteiger partial charge in [-0.3, -0.25) is 4.79 Å². The van der Waals surface area contributed by atoms with Gasteiger partial charge >= 0.3 is 6.09 Å². The summed E-state index contributed by atoms with van der Waals surface area (Å²) >= 11 is 1.55. The third-order valence-corrected chi connectivity index (χ3v) is 8.21. The maximum Gasteiger partial charge on any atom is 0.410 e. The topological polar surface area (TPSA) is 75.2 Å². The van der Waals surface area contributed by atoms with Crippen molar-refractivity contribution in [2.75, 3.05) is 45.8 Å². The van der Waals surface area contributed by atoms with Gasteiger partial charge < -0.3 is 24.2 Å². The highest BCUT2D eigenvalue weighted by Gasteiger charge is 2.32. The number of rotatable bonds is 6. The van der Waals surface area contributed by atoms with E-state index in [0.717, 1.165) is 54.9 Å². The molecule has 0 atom stereocenters. The molecule has 0 aliphatic carbocycles. The van der Waals surface area contributed by atoms with Crippen molar-refractivity contribution in [1.82, 2.24) is 19.7 Å². The van der Waals surface area contributed by atoms with Crippen molar-refractivity contribution in [2.24, 2.45) is 5.92 Å². The van der Waals surface area contributed by atoms with Gasteiger partial charge in [-0.05, 0) is 83.0 Å². The lowest BCUT2D eigenvalue weighted by Crippen LogP contribution is -2.53. The molecule has 208 valence electrons. The number of para-hydroxylation sites is 1. The number of thiazole rings is 1. The van der Waals surface area contributed by atoms with E-state index < -0.39 is 5.60 Å². The van der Waals surface area contributed by atoms with Gasteiger partial charge in [0, 0.05) is 38.6 Å². The van der Waals surface area contributed by atoms with Crippen LogP contribution in [0.4, 0.5) is 4.79 Å². The zero-order valence-corrected chi connectivity index (χ0v) is 23.9. The summed E-state index contributed by atoms with van der Waals surface area (Å²) in [4.78, 5) is 36.0. The smallest absolute Gasteiger partial charge is 0.410 e. The van der Waals surface area contributed by atoms with Crippen LogP contribution in [0.1, 0.15) is 39.2 Å². The van der Waals surface area contributed by atoms with E-state index >= 15 is 0 Å². The van der Waals surface area contributed by atoms with Crippen molar-refractivity contribution in [3.63, 3.8) is 0 Å². The van der Waals surface area contributed by atoms with Gasteiger partial charge in [0.25, 0.3) is 5.19 Å². The summed E-state index contributed by atoms with van der Waals surface area (Å²) in [6, 6.07) is 16.3. The zero-order valence-electron chi connectivity index (χ0n) is 23.1. The second-order valence-electron chi connectivity index (χ2n) is 11.4. The standard InChI is InChI=1S/C30H38N4O4S/c1-30(2,3)38-29(36)34-20-18-33(19-21-34)27(35)23-13-16-32(17-14-23)15-12-22-8-10-24(11-9-22)37-28-31-25-6-4-5-7-26(25)39-28/h4-11,23H,12-21H2,1-3H3. The first kappa shape index (κ1) is 27.4. The molecule has 0 spiro atoms. The van der Waals surface area contributed by atoms with Crippen LogP contribution in [0.15, 0.2) is 48.5 Å².